The predicted molar refractivity (Wildman–Crippen MR) is 60.6 cm³/mol. The minimum absolute atomic E-state index is 0.0395. The molecule has 0 unspecified atom stereocenters. The van der Waals surface area contributed by atoms with Gasteiger partial charge in [0.05, 0.1) is 12.4 Å². The number of halogens is 1. The first-order chi connectivity index (χ1) is 7.03. The third-order valence-electron chi connectivity index (χ3n) is 2.47. The first-order valence-corrected chi connectivity index (χ1v) is 7.31. The first-order valence-electron chi connectivity index (χ1n) is 5.22. The van der Waals surface area contributed by atoms with E-state index in [0.29, 0.717) is 19.1 Å². The number of sulfonamides is 1. The summed E-state index contributed by atoms with van der Waals surface area (Å²) in [6.07, 6.45) is 1.82. The SMILES string of the molecule is CCOCCS(=O)(=O)NCC1CC(Cl)C1. The lowest BCUT2D eigenvalue weighted by molar-refractivity contribution is 0.163. The summed E-state index contributed by atoms with van der Waals surface area (Å²) in [6.45, 7) is 3.16. The third-order valence-corrected chi connectivity index (χ3v) is 4.14. The van der Waals surface area contributed by atoms with E-state index in [1.165, 1.54) is 0 Å². The molecular formula is C9H18ClNO3S. The van der Waals surface area contributed by atoms with E-state index in [-0.39, 0.29) is 17.7 Å². The quantitative estimate of drug-likeness (QED) is 0.545. The van der Waals surface area contributed by atoms with Crippen molar-refractivity contribution < 1.29 is 13.2 Å². The fraction of sp³-hybridized carbons (Fsp3) is 1.00. The smallest absolute Gasteiger partial charge is 0.213 e. The maximum Gasteiger partial charge on any atom is 0.213 e. The van der Waals surface area contributed by atoms with Gasteiger partial charge in [-0.15, -0.1) is 11.6 Å². The Morgan fingerprint density at radius 1 is 1.47 bits per heavy atom. The van der Waals surface area contributed by atoms with Crippen LogP contribution in [0.1, 0.15) is 19.8 Å². The monoisotopic (exact) mass is 255 g/mol. The van der Waals surface area contributed by atoms with Gasteiger partial charge in [-0.25, -0.2) is 13.1 Å². The summed E-state index contributed by atoms with van der Waals surface area (Å²) >= 11 is 5.80. The molecule has 0 spiro atoms. The Labute approximate surface area is 96.4 Å². The van der Waals surface area contributed by atoms with Crippen LogP contribution in [0.5, 0.6) is 0 Å². The number of ether oxygens (including phenoxy) is 1. The second-order valence-corrected chi connectivity index (χ2v) is 6.34. The van der Waals surface area contributed by atoms with Gasteiger partial charge in [-0.1, -0.05) is 0 Å². The van der Waals surface area contributed by atoms with Crippen LogP contribution in [0.2, 0.25) is 0 Å². The van der Waals surface area contributed by atoms with Crippen LogP contribution in [0.3, 0.4) is 0 Å². The molecule has 6 heteroatoms. The van der Waals surface area contributed by atoms with E-state index in [0.717, 1.165) is 12.8 Å². The fourth-order valence-corrected chi connectivity index (χ4v) is 2.93. The van der Waals surface area contributed by atoms with Crippen molar-refractivity contribution in [1.82, 2.24) is 4.72 Å². The second-order valence-electron chi connectivity index (χ2n) is 3.80. The van der Waals surface area contributed by atoms with Crippen LogP contribution < -0.4 is 4.72 Å². The van der Waals surface area contributed by atoms with Crippen LogP contribution >= 0.6 is 11.6 Å². The molecule has 1 aliphatic carbocycles. The molecule has 0 aromatic carbocycles. The van der Waals surface area contributed by atoms with Crippen LogP contribution in [0.4, 0.5) is 0 Å². The van der Waals surface area contributed by atoms with Crippen LogP contribution in [0.15, 0.2) is 0 Å². The van der Waals surface area contributed by atoms with Crippen LogP contribution in [-0.4, -0.2) is 39.3 Å². The van der Waals surface area contributed by atoms with E-state index in [4.69, 9.17) is 16.3 Å². The molecule has 1 N–H and O–H groups in total. The highest BCUT2D eigenvalue weighted by Crippen LogP contribution is 2.31. The number of nitrogens with one attached hydrogen (secondary N) is 1. The molecule has 0 aromatic heterocycles. The Kier molecular flexibility index (Phi) is 5.32. The summed E-state index contributed by atoms with van der Waals surface area (Å²) in [5, 5.41) is 0.239. The van der Waals surface area contributed by atoms with Crippen LogP contribution in [0, 0.1) is 5.92 Å². The second kappa shape index (κ2) is 6.03. The van der Waals surface area contributed by atoms with Crippen molar-refractivity contribution in [1.29, 1.82) is 0 Å². The molecule has 0 bridgehead atoms. The molecule has 0 radical (unpaired) electrons. The topological polar surface area (TPSA) is 55.4 Å². The highest BCUT2D eigenvalue weighted by Gasteiger charge is 2.27. The van der Waals surface area contributed by atoms with Crippen molar-refractivity contribution in [2.24, 2.45) is 5.92 Å². The maximum atomic E-state index is 11.4. The summed E-state index contributed by atoms with van der Waals surface area (Å²) in [5.41, 5.74) is 0. The molecule has 1 saturated carbocycles. The third kappa shape index (κ3) is 5.15. The van der Waals surface area contributed by atoms with Crippen molar-refractivity contribution in [3.8, 4) is 0 Å². The number of rotatable bonds is 7. The minimum atomic E-state index is -3.16. The molecule has 1 aliphatic rings. The highest BCUT2D eigenvalue weighted by molar-refractivity contribution is 7.89. The van der Waals surface area contributed by atoms with Gasteiger partial charge in [-0.05, 0) is 25.7 Å². The number of alkyl halides is 1. The van der Waals surface area contributed by atoms with Gasteiger partial charge in [0.15, 0.2) is 0 Å². The van der Waals surface area contributed by atoms with Crippen molar-refractivity contribution in [3.63, 3.8) is 0 Å². The summed E-state index contributed by atoms with van der Waals surface area (Å²) < 4.78 is 30.4. The summed E-state index contributed by atoms with van der Waals surface area (Å²) in [6, 6.07) is 0. The van der Waals surface area contributed by atoms with Crippen LogP contribution in [-0.2, 0) is 14.8 Å². The van der Waals surface area contributed by atoms with Gasteiger partial charge in [-0.2, -0.15) is 0 Å². The highest BCUT2D eigenvalue weighted by atomic mass is 35.5. The van der Waals surface area contributed by atoms with Gasteiger partial charge >= 0.3 is 0 Å². The van der Waals surface area contributed by atoms with Gasteiger partial charge in [0.25, 0.3) is 0 Å². The Morgan fingerprint density at radius 2 is 2.13 bits per heavy atom. The molecule has 0 atom stereocenters. The van der Waals surface area contributed by atoms with E-state index in [1.54, 1.807) is 0 Å². The molecule has 0 amide bonds. The molecule has 15 heavy (non-hydrogen) atoms. The lowest BCUT2D eigenvalue weighted by Crippen LogP contribution is -2.38. The average molecular weight is 256 g/mol. The van der Waals surface area contributed by atoms with Crippen molar-refractivity contribution in [2.45, 2.75) is 25.1 Å². The van der Waals surface area contributed by atoms with Gasteiger partial charge in [-0.3, -0.25) is 0 Å². The fourth-order valence-electron chi connectivity index (χ4n) is 1.45. The number of hydrogen-bond donors (Lipinski definition) is 1. The van der Waals surface area contributed by atoms with Crippen LogP contribution in [0.25, 0.3) is 0 Å². The van der Waals surface area contributed by atoms with Crippen molar-refractivity contribution in [3.05, 3.63) is 0 Å². The van der Waals surface area contributed by atoms with Gasteiger partial charge in [0, 0.05) is 18.5 Å². The van der Waals surface area contributed by atoms with Gasteiger partial charge < -0.3 is 4.74 Å². The largest absolute Gasteiger partial charge is 0.381 e. The Balaban J connectivity index is 2.13. The zero-order valence-electron chi connectivity index (χ0n) is 8.91. The minimum Gasteiger partial charge on any atom is -0.381 e. The van der Waals surface area contributed by atoms with Gasteiger partial charge in [0.2, 0.25) is 10.0 Å². The summed E-state index contributed by atoms with van der Waals surface area (Å²) in [4.78, 5) is 0. The van der Waals surface area contributed by atoms with Crippen molar-refractivity contribution in [2.75, 3.05) is 25.5 Å². The van der Waals surface area contributed by atoms with E-state index < -0.39 is 10.0 Å². The number of hydrogen-bond acceptors (Lipinski definition) is 3. The normalized spacial score (nSPS) is 26.3. The predicted octanol–water partition coefficient (Wildman–Crippen LogP) is 0.960. The lowest BCUT2D eigenvalue weighted by atomic mass is 9.85. The van der Waals surface area contributed by atoms with E-state index in [9.17, 15) is 8.42 Å². The Morgan fingerprint density at radius 3 is 2.67 bits per heavy atom. The Hall–Kier alpha value is 0.160. The zero-order chi connectivity index (χ0) is 11.3. The molecule has 0 aromatic rings. The molecule has 1 fully saturated rings. The van der Waals surface area contributed by atoms with E-state index >= 15 is 0 Å². The molecule has 4 nitrogen and oxygen atoms in total. The molecule has 0 saturated heterocycles. The summed E-state index contributed by atoms with van der Waals surface area (Å²) in [7, 11) is -3.16. The van der Waals surface area contributed by atoms with E-state index in [1.807, 2.05) is 6.92 Å². The van der Waals surface area contributed by atoms with E-state index in [2.05, 4.69) is 4.72 Å². The molecule has 0 aliphatic heterocycles. The Bertz CT molecular complexity index is 275. The standard InChI is InChI=1S/C9H18ClNO3S/c1-2-14-3-4-15(12,13)11-7-8-5-9(10)6-8/h8-9,11H,2-7H2,1H3. The maximum absolute atomic E-state index is 11.4. The summed E-state index contributed by atoms with van der Waals surface area (Å²) in [5.74, 6) is 0.451. The molecular weight excluding hydrogens is 238 g/mol. The first kappa shape index (κ1) is 13.2. The molecule has 90 valence electrons. The molecule has 1 rings (SSSR count). The lowest BCUT2D eigenvalue weighted by Gasteiger charge is -2.30. The van der Waals surface area contributed by atoms with Crippen molar-refractivity contribution >= 4 is 21.6 Å². The van der Waals surface area contributed by atoms with Gasteiger partial charge in [0.1, 0.15) is 0 Å². The molecule has 0 heterocycles. The zero-order valence-corrected chi connectivity index (χ0v) is 10.5. The average Bonchev–Trinajstić information content (AvgIpc) is 2.11.